The Bertz CT molecular complexity index is 626. The van der Waals surface area contributed by atoms with Gasteiger partial charge >= 0.3 is 0 Å². The Hall–Kier alpha value is -1.96. The van der Waals surface area contributed by atoms with Gasteiger partial charge in [0.25, 0.3) is 0 Å². The maximum Gasteiger partial charge on any atom is 0.0395 e. The summed E-state index contributed by atoms with van der Waals surface area (Å²) in [6.07, 6.45) is 0. The number of benzene rings is 2. The summed E-state index contributed by atoms with van der Waals surface area (Å²) in [5, 5.41) is 0. The second kappa shape index (κ2) is 4.86. The van der Waals surface area contributed by atoms with E-state index in [1.54, 1.807) is 0 Å². The third kappa shape index (κ3) is 2.64. The maximum absolute atomic E-state index is 6.13. The zero-order valence-electron chi connectivity index (χ0n) is 13.0. The molecule has 20 heavy (non-hydrogen) atoms. The van der Waals surface area contributed by atoms with E-state index in [1.165, 1.54) is 22.3 Å². The molecule has 0 spiro atoms. The van der Waals surface area contributed by atoms with Crippen LogP contribution >= 0.6 is 0 Å². The van der Waals surface area contributed by atoms with Crippen LogP contribution in [0.15, 0.2) is 30.3 Å². The van der Waals surface area contributed by atoms with E-state index in [2.05, 4.69) is 46.8 Å². The minimum atomic E-state index is 0.148. The molecule has 2 rings (SSSR count). The largest absolute Gasteiger partial charge is 0.399 e. The Labute approximate surface area is 121 Å². The van der Waals surface area contributed by atoms with Gasteiger partial charge in [0.05, 0.1) is 0 Å². The molecule has 0 bridgehead atoms. The molecule has 0 radical (unpaired) electrons. The molecule has 106 valence electrons. The highest BCUT2D eigenvalue weighted by Gasteiger charge is 2.17. The molecule has 2 aromatic carbocycles. The van der Waals surface area contributed by atoms with Crippen molar-refractivity contribution >= 4 is 11.4 Å². The molecule has 0 heterocycles. The normalized spacial score (nSPS) is 11.7. The minimum Gasteiger partial charge on any atom is -0.399 e. The summed E-state index contributed by atoms with van der Waals surface area (Å²) in [6.45, 7) is 11.0. The Morgan fingerprint density at radius 2 is 1.40 bits per heavy atom. The van der Waals surface area contributed by atoms with Gasteiger partial charge in [0.1, 0.15) is 0 Å². The number of nitrogen functional groups attached to an aromatic ring is 2. The van der Waals surface area contributed by atoms with Crippen molar-refractivity contribution in [1.29, 1.82) is 0 Å². The Morgan fingerprint density at radius 3 is 1.90 bits per heavy atom. The third-order valence-electron chi connectivity index (χ3n) is 3.75. The van der Waals surface area contributed by atoms with Crippen molar-refractivity contribution in [2.45, 2.75) is 40.0 Å². The maximum atomic E-state index is 6.13. The fraction of sp³-hybridized carbons (Fsp3) is 0.333. The van der Waals surface area contributed by atoms with Crippen molar-refractivity contribution in [3.8, 4) is 11.1 Å². The fourth-order valence-corrected chi connectivity index (χ4v) is 2.61. The van der Waals surface area contributed by atoms with E-state index in [9.17, 15) is 0 Å². The summed E-state index contributed by atoms with van der Waals surface area (Å²) >= 11 is 0. The lowest BCUT2D eigenvalue weighted by Gasteiger charge is -2.23. The zero-order valence-corrected chi connectivity index (χ0v) is 13.0. The molecule has 0 aliphatic rings. The van der Waals surface area contributed by atoms with Gasteiger partial charge in [-0.25, -0.2) is 0 Å². The molecule has 0 saturated heterocycles. The topological polar surface area (TPSA) is 52.0 Å². The molecule has 0 fully saturated rings. The van der Waals surface area contributed by atoms with Gasteiger partial charge < -0.3 is 11.5 Å². The van der Waals surface area contributed by atoms with Crippen molar-refractivity contribution in [2.75, 3.05) is 11.5 Å². The van der Waals surface area contributed by atoms with Crippen molar-refractivity contribution < 1.29 is 0 Å². The zero-order chi connectivity index (χ0) is 15.1. The number of rotatable bonds is 1. The second-order valence-electron chi connectivity index (χ2n) is 6.58. The Morgan fingerprint density at radius 1 is 0.850 bits per heavy atom. The third-order valence-corrected chi connectivity index (χ3v) is 3.75. The summed E-state index contributed by atoms with van der Waals surface area (Å²) in [6, 6.07) is 10.2. The van der Waals surface area contributed by atoms with Crippen LogP contribution in [0.3, 0.4) is 0 Å². The summed E-state index contributed by atoms with van der Waals surface area (Å²) in [4.78, 5) is 0. The summed E-state index contributed by atoms with van der Waals surface area (Å²) < 4.78 is 0. The first kappa shape index (κ1) is 14.4. The number of nitrogens with two attached hydrogens (primary N) is 2. The monoisotopic (exact) mass is 268 g/mol. The molecular weight excluding hydrogens is 244 g/mol. The molecule has 2 nitrogen and oxygen atoms in total. The van der Waals surface area contributed by atoms with Crippen LogP contribution in [0.2, 0.25) is 0 Å². The summed E-state index contributed by atoms with van der Waals surface area (Å²) in [5.41, 5.74) is 19.8. The molecule has 0 amide bonds. The van der Waals surface area contributed by atoms with Gasteiger partial charge in [0, 0.05) is 16.9 Å². The van der Waals surface area contributed by atoms with Crippen molar-refractivity contribution in [3.63, 3.8) is 0 Å². The molecule has 0 aromatic heterocycles. The van der Waals surface area contributed by atoms with Gasteiger partial charge in [-0.2, -0.15) is 0 Å². The first-order valence-electron chi connectivity index (χ1n) is 6.97. The average Bonchev–Trinajstić information content (AvgIpc) is 2.31. The second-order valence-corrected chi connectivity index (χ2v) is 6.58. The van der Waals surface area contributed by atoms with E-state index < -0.39 is 0 Å². The van der Waals surface area contributed by atoms with Crippen LogP contribution in [0.5, 0.6) is 0 Å². The van der Waals surface area contributed by atoms with Crippen LogP contribution in [0.4, 0.5) is 11.4 Å². The van der Waals surface area contributed by atoms with Gasteiger partial charge in [0.2, 0.25) is 0 Å². The molecule has 0 unspecified atom stereocenters. The molecule has 0 saturated carbocycles. The molecule has 2 aromatic rings. The Kier molecular flexibility index (Phi) is 3.51. The van der Waals surface area contributed by atoms with E-state index in [1.807, 2.05) is 18.2 Å². The van der Waals surface area contributed by atoms with Gasteiger partial charge in [-0.3, -0.25) is 0 Å². The highest BCUT2D eigenvalue weighted by molar-refractivity contribution is 5.83. The molecular formula is C18H24N2. The number of aryl methyl sites for hydroxylation is 2. The molecule has 4 N–H and O–H groups in total. The molecule has 0 atom stereocenters. The van der Waals surface area contributed by atoms with Crippen LogP contribution in [0, 0.1) is 13.8 Å². The smallest absolute Gasteiger partial charge is 0.0395 e. The van der Waals surface area contributed by atoms with Crippen LogP contribution in [0.1, 0.15) is 37.5 Å². The van der Waals surface area contributed by atoms with Gasteiger partial charge in [-0.05, 0) is 59.7 Å². The minimum absolute atomic E-state index is 0.148. The molecule has 0 aliphatic heterocycles. The highest BCUT2D eigenvalue weighted by Crippen LogP contribution is 2.36. The van der Waals surface area contributed by atoms with E-state index in [4.69, 9.17) is 11.5 Å². The van der Waals surface area contributed by atoms with Crippen LogP contribution < -0.4 is 11.5 Å². The van der Waals surface area contributed by atoms with E-state index >= 15 is 0 Å². The fourth-order valence-electron chi connectivity index (χ4n) is 2.61. The van der Waals surface area contributed by atoms with E-state index in [0.29, 0.717) is 0 Å². The average molecular weight is 268 g/mol. The number of hydrogen-bond acceptors (Lipinski definition) is 2. The van der Waals surface area contributed by atoms with Crippen molar-refractivity contribution in [2.24, 2.45) is 0 Å². The molecule has 2 heteroatoms. The first-order valence-corrected chi connectivity index (χ1v) is 6.97. The lowest BCUT2D eigenvalue weighted by molar-refractivity contribution is 0.589. The quantitative estimate of drug-likeness (QED) is 0.752. The summed E-state index contributed by atoms with van der Waals surface area (Å²) in [5.74, 6) is 0. The molecule has 0 aliphatic carbocycles. The van der Waals surface area contributed by atoms with E-state index in [-0.39, 0.29) is 5.41 Å². The lowest BCUT2D eigenvalue weighted by Crippen LogP contribution is -2.12. The van der Waals surface area contributed by atoms with Crippen LogP contribution in [-0.4, -0.2) is 0 Å². The van der Waals surface area contributed by atoms with Crippen molar-refractivity contribution in [3.05, 3.63) is 47.0 Å². The van der Waals surface area contributed by atoms with Gasteiger partial charge in [-0.1, -0.05) is 32.9 Å². The van der Waals surface area contributed by atoms with Gasteiger partial charge in [-0.15, -0.1) is 0 Å². The van der Waals surface area contributed by atoms with Crippen LogP contribution in [0.25, 0.3) is 11.1 Å². The predicted octanol–water partition coefficient (Wildman–Crippen LogP) is 4.43. The standard InChI is InChI=1S/C18H24N2/c1-11-8-13(18(3,4)5)9-12(2)17(11)15-10-14(19)6-7-16(15)20/h6-10H,19-20H2,1-5H3. The first-order chi connectivity index (χ1) is 9.20. The highest BCUT2D eigenvalue weighted by atomic mass is 14.6. The lowest BCUT2D eigenvalue weighted by atomic mass is 9.82. The summed E-state index contributed by atoms with van der Waals surface area (Å²) in [7, 11) is 0. The number of hydrogen-bond donors (Lipinski definition) is 2. The predicted molar refractivity (Wildman–Crippen MR) is 88.9 cm³/mol. The SMILES string of the molecule is Cc1cc(C(C)(C)C)cc(C)c1-c1cc(N)ccc1N. The van der Waals surface area contributed by atoms with Crippen LogP contribution in [-0.2, 0) is 5.41 Å². The Balaban J connectivity index is 2.67. The van der Waals surface area contributed by atoms with Gasteiger partial charge in [0.15, 0.2) is 0 Å². The number of anilines is 2. The van der Waals surface area contributed by atoms with E-state index in [0.717, 1.165) is 16.9 Å². The van der Waals surface area contributed by atoms with Crippen molar-refractivity contribution in [1.82, 2.24) is 0 Å².